The summed E-state index contributed by atoms with van der Waals surface area (Å²) in [5.41, 5.74) is -0.161. The normalized spacial score (nSPS) is 12.1. The average Bonchev–Trinajstić information content (AvgIpc) is 2.42. The van der Waals surface area contributed by atoms with Crippen LogP contribution in [-0.2, 0) is 16.6 Å². The Morgan fingerprint density at radius 3 is 2.55 bits per heavy atom. The lowest BCUT2D eigenvalue weighted by Crippen LogP contribution is -2.06. The summed E-state index contributed by atoms with van der Waals surface area (Å²) < 4.78 is 38.7. The van der Waals surface area contributed by atoms with Gasteiger partial charge in [-0.15, -0.1) is 0 Å². The van der Waals surface area contributed by atoms with Crippen LogP contribution in [-0.4, -0.2) is 15.3 Å². The van der Waals surface area contributed by atoms with Crippen LogP contribution in [0, 0.1) is 11.6 Å². The van der Waals surface area contributed by atoms with E-state index in [4.69, 9.17) is 5.11 Å². The second-order valence-electron chi connectivity index (χ2n) is 4.03. The van der Waals surface area contributed by atoms with Gasteiger partial charge >= 0.3 is 5.97 Å². The molecule has 2 rings (SSSR count). The molecule has 0 radical (unpaired) electrons. The first-order valence-electron chi connectivity index (χ1n) is 5.63. The molecule has 104 valence electrons. The Bertz CT molecular complexity index is 686. The van der Waals surface area contributed by atoms with Crippen LogP contribution >= 0.6 is 0 Å². The zero-order valence-electron chi connectivity index (χ0n) is 10.2. The number of carboxylic acids is 1. The van der Waals surface area contributed by atoms with Crippen LogP contribution in [0.4, 0.5) is 8.78 Å². The van der Waals surface area contributed by atoms with E-state index >= 15 is 0 Å². The smallest absolute Gasteiger partial charge is 0.336 e. The van der Waals surface area contributed by atoms with E-state index in [0.717, 1.165) is 18.2 Å². The minimum Gasteiger partial charge on any atom is -0.478 e. The number of rotatable bonds is 4. The third-order valence-electron chi connectivity index (χ3n) is 2.66. The van der Waals surface area contributed by atoms with E-state index in [2.05, 4.69) is 0 Å². The topological polar surface area (TPSA) is 54.4 Å². The van der Waals surface area contributed by atoms with Crippen molar-refractivity contribution in [2.45, 2.75) is 10.6 Å². The highest BCUT2D eigenvalue weighted by Gasteiger charge is 2.16. The van der Waals surface area contributed by atoms with Crippen molar-refractivity contribution in [1.29, 1.82) is 0 Å². The van der Waals surface area contributed by atoms with Crippen LogP contribution < -0.4 is 0 Å². The van der Waals surface area contributed by atoms with Gasteiger partial charge < -0.3 is 5.11 Å². The molecule has 0 aromatic heterocycles. The number of halogens is 2. The van der Waals surface area contributed by atoms with Gasteiger partial charge in [-0.1, -0.05) is 12.1 Å². The van der Waals surface area contributed by atoms with Crippen LogP contribution in [0.25, 0.3) is 0 Å². The Balaban J connectivity index is 2.33. The molecule has 0 bridgehead atoms. The minimum atomic E-state index is -1.77. The first-order chi connectivity index (χ1) is 9.49. The van der Waals surface area contributed by atoms with Gasteiger partial charge in [0.2, 0.25) is 0 Å². The Kier molecular flexibility index (Phi) is 4.24. The monoisotopic (exact) mass is 296 g/mol. The van der Waals surface area contributed by atoms with E-state index in [1.54, 1.807) is 6.07 Å². The molecule has 0 amide bonds. The van der Waals surface area contributed by atoms with Crippen LogP contribution in [0.1, 0.15) is 15.9 Å². The fourth-order valence-corrected chi connectivity index (χ4v) is 3.00. The van der Waals surface area contributed by atoms with Gasteiger partial charge in [0.05, 0.1) is 27.0 Å². The molecule has 0 aliphatic carbocycles. The maximum Gasteiger partial charge on any atom is 0.336 e. The Morgan fingerprint density at radius 2 is 1.85 bits per heavy atom. The number of hydrogen-bond donors (Lipinski definition) is 1. The molecule has 3 nitrogen and oxygen atoms in total. The van der Waals surface area contributed by atoms with Gasteiger partial charge in [-0.3, -0.25) is 4.21 Å². The molecule has 1 unspecified atom stereocenters. The van der Waals surface area contributed by atoms with Crippen molar-refractivity contribution in [2.75, 3.05) is 0 Å². The van der Waals surface area contributed by atoms with E-state index in [1.165, 1.54) is 18.2 Å². The number of aromatic carboxylic acids is 1. The average molecular weight is 296 g/mol. The van der Waals surface area contributed by atoms with Gasteiger partial charge in [-0.25, -0.2) is 13.6 Å². The summed E-state index contributed by atoms with van der Waals surface area (Å²) in [4.78, 5) is 11.1. The Labute approximate surface area is 116 Å². The summed E-state index contributed by atoms with van der Waals surface area (Å²) in [6, 6.07) is 8.64. The van der Waals surface area contributed by atoms with Crippen molar-refractivity contribution in [1.82, 2.24) is 0 Å². The van der Waals surface area contributed by atoms with Crippen LogP contribution in [0.2, 0.25) is 0 Å². The highest BCUT2D eigenvalue weighted by Crippen LogP contribution is 2.19. The molecule has 0 aliphatic heterocycles. The first kappa shape index (κ1) is 14.3. The standard InChI is InChI=1S/C14H10F2O3S/c15-10-5-6-12(16)9(7-10)8-20(19)13-4-2-1-3-11(13)14(17)18/h1-7H,8H2,(H,17,18). The molecule has 2 aromatic carbocycles. The maximum atomic E-state index is 13.5. The summed E-state index contributed by atoms with van der Waals surface area (Å²) in [5.74, 6) is -2.81. The van der Waals surface area contributed by atoms with Crippen molar-refractivity contribution in [3.05, 3.63) is 65.2 Å². The number of hydrogen-bond acceptors (Lipinski definition) is 2. The molecule has 0 saturated heterocycles. The SMILES string of the molecule is O=C(O)c1ccccc1S(=O)Cc1cc(F)ccc1F. The third-order valence-corrected chi connectivity index (χ3v) is 4.08. The van der Waals surface area contributed by atoms with Crippen molar-refractivity contribution < 1.29 is 22.9 Å². The Hall–Kier alpha value is -2.08. The summed E-state index contributed by atoms with van der Waals surface area (Å²) >= 11 is 0. The lowest BCUT2D eigenvalue weighted by Gasteiger charge is -2.07. The van der Waals surface area contributed by atoms with Crippen LogP contribution in [0.3, 0.4) is 0 Å². The molecule has 6 heteroatoms. The molecular weight excluding hydrogens is 286 g/mol. The van der Waals surface area contributed by atoms with E-state index in [-0.39, 0.29) is 21.8 Å². The van der Waals surface area contributed by atoms with Gasteiger partial charge in [0, 0.05) is 5.56 Å². The highest BCUT2D eigenvalue weighted by molar-refractivity contribution is 7.84. The van der Waals surface area contributed by atoms with Crippen LogP contribution in [0.15, 0.2) is 47.4 Å². The molecular formula is C14H10F2O3S. The van der Waals surface area contributed by atoms with Crippen LogP contribution in [0.5, 0.6) is 0 Å². The fourth-order valence-electron chi connectivity index (χ4n) is 1.71. The third kappa shape index (κ3) is 3.08. The lowest BCUT2D eigenvalue weighted by molar-refractivity contribution is 0.0693. The van der Waals surface area contributed by atoms with Crippen molar-refractivity contribution >= 4 is 16.8 Å². The van der Waals surface area contributed by atoms with Gasteiger partial charge in [-0.2, -0.15) is 0 Å². The first-order valence-corrected chi connectivity index (χ1v) is 6.95. The molecule has 1 atom stereocenters. The van der Waals surface area contributed by atoms with Gasteiger partial charge in [-0.05, 0) is 30.3 Å². The Morgan fingerprint density at radius 1 is 1.15 bits per heavy atom. The predicted molar refractivity (Wildman–Crippen MR) is 69.9 cm³/mol. The number of carbonyl (C=O) groups is 1. The second kappa shape index (κ2) is 5.92. The number of benzene rings is 2. The van der Waals surface area contributed by atoms with E-state index in [9.17, 15) is 17.8 Å². The van der Waals surface area contributed by atoms with Crippen molar-refractivity contribution in [3.8, 4) is 0 Å². The fraction of sp³-hybridized carbons (Fsp3) is 0.0714. The summed E-state index contributed by atoms with van der Waals surface area (Å²) in [7, 11) is -1.77. The molecule has 0 fully saturated rings. The predicted octanol–water partition coefficient (Wildman–Crippen LogP) is 2.97. The molecule has 0 saturated carbocycles. The van der Waals surface area contributed by atoms with E-state index in [0.29, 0.717) is 0 Å². The molecule has 0 heterocycles. The quantitative estimate of drug-likeness (QED) is 0.943. The largest absolute Gasteiger partial charge is 0.478 e. The summed E-state index contributed by atoms with van der Waals surface area (Å²) in [6.45, 7) is 0. The lowest BCUT2D eigenvalue weighted by atomic mass is 10.2. The zero-order valence-corrected chi connectivity index (χ0v) is 11.0. The molecule has 0 aliphatic rings. The van der Waals surface area contributed by atoms with Gasteiger partial charge in [0.1, 0.15) is 11.6 Å². The molecule has 2 aromatic rings. The molecule has 0 spiro atoms. The van der Waals surface area contributed by atoms with E-state index < -0.39 is 28.4 Å². The van der Waals surface area contributed by atoms with Gasteiger partial charge in [0.25, 0.3) is 0 Å². The van der Waals surface area contributed by atoms with Crippen molar-refractivity contribution in [3.63, 3.8) is 0 Å². The second-order valence-corrected chi connectivity index (χ2v) is 5.45. The van der Waals surface area contributed by atoms with E-state index in [1.807, 2.05) is 0 Å². The zero-order chi connectivity index (χ0) is 14.7. The summed E-state index contributed by atoms with van der Waals surface area (Å²) in [5, 5.41) is 9.01. The summed E-state index contributed by atoms with van der Waals surface area (Å²) in [6.07, 6.45) is 0. The minimum absolute atomic E-state index is 0.0523. The number of carboxylic acid groups (broad SMARTS) is 1. The van der Waals surface area contributed by atoms with Crippen molar-refractivity contribution in [2.24, 2.45) is 0 Å². The molecule has 20 heavy (non-hydrogen) atoms. The maximum absolute atomic E-state index is 13.5. The molecule has 1 N–H and O–H groups in total. The van der Waals surface area contributed by atoms with Gasteiger partial charge in [0.15, 0.2) is 0 Å². The highest BCUT2D eigenvalue weighted by atomic mass is 32.2.